The number of carbonyl (C=O) groups excluding carboxylic acids is 1. The van der Waals surface area contributed by atoms with Crippen LogP contribution < -0.4 is 4.40 Å². The van der Waals surface area contributed by atoms with Gasteiger partial charge in [-0.1, -0.05) is 34.6 Å². The van der Waals surface area contributed by atoms with E-state index >= 15 is 0 Å². The number of hydrogen-bond donors (Lipinski definition) is 1. The van der Waals surface area contributed by atoms with Gasteiger partial charge in [0.1, 0.15) is 0 Å². The first-order chi connectivity index (χ1) is 17.8. The summed E-state index contributed by atoms with van der Waals surface area (Å²) in [6, 6.07) is 16.7. The Hall–Kier alpha value is -1.75. The molecule has 1 aromatic heterocycles. The number of hydrogen-bond acceptors (Lipinski definition) is 3. The Bertz CT molecular complexity index is 1250. The molecule has 3 nitrogen and oxygen atoms in total. The largest absolute Gasteiger partial charge is 0 e. The van der Waals surface area contributed by atoms with Crippen LogP contribution in [0.3, 0.4) is 0 Å². The average Bonchev–Trinajstić information content (AvgIpc) is 2.87. The number of carbonyl (C=O) groups is 1. The number of rotatable bonds is 9. The maximum Gasteiger partial charge on any atom is 0 e. The van der Waals surface area contributed by atoms with Gasteiger partial charge in [0.25, 0.3) is 0 Å². The summed E-state index contributed by atoms with van der Waals surface area (Å²) in [6.45, 7) is 14.3. The van der Waals surface area contributed by atoms with Crippen molar-refractivity contribution in [3.05, 3.63) is 71.6 Å². The number of aryl methyl sites for hydroxylation is 2. The van der Waals surface area contributed by atoms with Gasteiger partial charge in [0.2, 0.25) is 0 Å². The van der Waals surface area contributed by atoms with E-state index in [0.717, 1.165) is 36.9 Å². The second kappa shape index (κ2) is 15.3. The topological polar surface area (TPSA) is 50.2 Å². The van der Waals surface area contributed by atoms with Gasteiger partial charge in [-0.05, 0) is 25.7 Å². The predicted octanol–water partition coefficient (Wildman–Crippen LogP) is 9.12. The van der Waals surface area contributed by atoms with E-state index in [0.29, 0.717) is 0 Å². The first-order valence-corrected chi connectivity index (χ1v) is 21.5. The SMILES string of the molecule is CCC(CC)/C(O)=C/C(=O)C(C)(CC)CC.Cc1[c-]c(-c2nccc3[c]([Ge]([CH3])([CH3])[CH3])cccc23)cc(C)c1.[Ir]. The molecule has 1 N–H and O–H groups in total. The van der Waals surface area contributed by atoms with Gasteiger partial charge in [-0.25, -0.2) is 0 Å². The second-order valence-corrected chi connectivity index (χ2v) is 22.4. The van der Waals surface area contributed by atoms with Crippen LogP contribution in [0, 0.1) is 31.2 Å². The van der Waals surface area contributed by atoms with Gasteiger partial charge in [-0.2, -0.15) is 0 Å². The van der Waals surface area contributed by atoms with Crippen LogP contribution in [-0.4, -0.2) is 29.1 Å². The van der Waals surface area contributed by atoms with Crippen LogP contribution in [0.25, 0.3) is 22.0 Å². The zero-order valence-corrected chi connectivity index (χ0v) is 30.2. The fourth-order valence-electron chi connectivity index (χ4n) is 4.83. The Labute approximate surface area is 253 Å². The third-order valence-corrected chi connectivity index (χ3v) is 12.2. The van der Waals surface area contributed by atoms with Crippen LogP contribution in [0.15, 0.2) is 54.4 Å². The standard InChI is InChI=1S/C20H22GeN.C14H26O2.Ir/c1-14-11-15(2)13-16(12-14)20-18-7-6-8-19(21(3,4)5)17(18)9-10-22-20;1-6-11(7-2)12(15)10-13(16)14(5,8-3)9-4;/h6-12H,1-5H3;10-11,15H,6-9H2,1-5H3;/q-1;;/b;12-10-;. The molecule has 0 aliphatic carbocycles. The van der Waals surface area contributed by atoms with Gasteiger partial charge < -0.3 is 5.11 Å². The zero-order valence-electron chi connectivity index (χ0n) is 25.7. The summed E-state index contributed by atoms with van der Waals surface area (Å²) in [5.74, 6) is 7.76. The molecule has 5 heteroatoms. The van der Waals surface area contributed by atoms with Gasteiger partial charge >= 0.3 is 136 Å². The summed E-state index contributed by atoms with van der Waals surface area (Å²) < 4.78 is 1.55. The molecular formula is C34H48GeIrNO2-. The molecule has 39 heavy (non-hydrogen) atoms. The predicted molar refractivity (Wildman–Crippen MR) is 167 cm³/mol. The molecule has 0 saturated heterocycles. The maximum absolute atomic E-state index is 12.0. The number of aromatic nitrogens is 1. The van der Waals surface area contributed by atoms with Crippen molar-refractivity contribution in [1.29, 1.82) is 0 Å². The molecule has 1 radical (unpaired) electrons. The molecule has 3 rings (SSSR count). The molecule has 215 valence electrons. The van der Waals surface area contributed by atoms with Gasteiger partial charge in [-0.3, -0.25) is 4.79 Å². The molecule has 0 fully saturated rings. The van der Waals surface area contributed by atoms with Crippen molar-refractivity contribution in [1.82, 2.24) is 4.98 Å². The molecule has 0 aliphatic heterocycles. The van der Waals surface area contributed by atoms with E-state index in [4.69, 9.17) is 0 Å². The van der Waals surface area contributed by atoms with Gasteiger partial charge in [0, 0.05) is 37.5 Å². The number of nitrogens with zero attached hydrogens (tertiary/aromatic N) is 1. The van der Waals surface area contributed by atoms with Crippen molar-refractivity contribution in [2.45, 2.75) is 91.4 Å². The Morgan fingerprint density at radius 1 is 1.03 bits per heavy atom. The number of ketones is 1. The molecule has 0 bridgehead atoms. The molecule has 0 spiro atoms. The maximum atomic E-state index is 12.0. The number of aliphatic hydroxyl groups excluding tert-OH is 1. The van der Waals surface area contributed by atoms with E-state index in [2.05, 4.69) is 78.6 Å². The molecule has 0 unspecified atom stereocenters. The van der Waals surface area contributed by atoms with Gasteiger partial charge in [0.05, 0.1) is 5.76 Å². The molecular weight excluding hydrogens is 719 g/mol. The van der Waals surface area contributed by atoms with Gasteiger partial charge in [0.15, 0.2) is 5.78 Å². The normalized spacial score (nSPS) is 12.1. The smallest absolute Gasteiger partial charge is 0 e. The Morgan fingerprint density at radius 2 is 1.64 bits per heavy atom. The minimum absolute atomic E-state index is 0. The summed E-state index contributed by atoms with van der Waals surface area (Å²) >= 11 is -1.91. The van der Waals surface area contributed by atoms with E-state index in [9.17, 15) is 9.90 Å². The van der Waals surface area contributed by atoms with Crippen molar-refractivity contribution < 1.29 is 30.0 Å². The Morgan fingerprint density at radius 3 is 2.15 bits per heavy atom. The second-order valence-electron chi connectivity index (χ2n) is 11.8. The third-order valence-electron chi connectivity index (χ3n) is 7.86. The summed E-state index contributed by atoms with van der Waals surface area (Å²) in [5.41, 5.74) is 4.26. The van der Waals surface area contributed by atoms with E-state index in [1.807, 2.05) is 40.8 Å². The molecule has 0 aliphatic rings. The number of allylic oxidation sites excluding steroid dienone is 2. The molecule has 2 aromatic carbocycles. The van der Waals surface area contributed by atoms with Crippen molar-refractivity contribution in [2.75, 3.05) is 0 Å². The minimum Gasteiger partial charge on any atom is 0 e. The molecule has 0 saturated carbocycles. The van der Waals surface area contributed by atoms with E-state index in [-0.39, 0.29) is 43.0 Å². The molecule has 0 amide bonds. The fourth-order valence-corrected chi connectivity index (χ4v) is 8.23. The summed E-state index contributed by atoms with van der Waals surface area (Å²) in [4.78, 5) is 16.7. The zero-order chi connectivity index (χ0) is 28.7. The van der Waals surface area contributed by atoms with Crippen molar-refractivity contribution in [3.8, 4) is 11.3 Å². The van der Waals surface area contributed by atoms with E-state index in [1.54, 1.807) is 4.40 Å². The number of aliphatic hydroxyl groups is 1. The average molecular weight is 768 g/mol. The molecule has 1 heterocycles. The summed E-state index contributed by atoms with van der Waals surface area (Å²) in [5, 5.41) is 12.5. The third kappa shape index (κ3) is 9.13. The fraction of sp³-hybridized carbons (Fsp3) is 0.471. The monoisotopic (exact) mass is 769 g/mol. The van der Waals surface area contributed by atoms with Crippen molar-refractivity contribution in [3.63, 3.8) is 0 Å². The van der Waals surface area contributed by atoms with Crippen molar-refractivity contribution >= 4 is 34.2 Å². The summed E-state index contributed by atoms with van der Waals surface area (Å²) in [7, 11) is 0. The van der Waals surface area contributed by atoms with Gasteiger partial charge in [-0.15, -0.1) is 0 Å². The van der Waals surface area contributed by atoms with E-state index < -0.39 is 13.3 Å². The number of pyridine rings is 1. The van der Waals surface area contributed by atoms with Crippen LogP contribution in [0.4, 0.5) is 0 Å². The Kier molecular flexibility index (Phi) is 13.8. The van der Waals surface area contributed by atoms with Crippen LogP contribution >= 0.6 is 0 Å². The Balaban J connectivity index is 0.000000402. The van der Waals surface area contributed by atoms with Crippen LogP contribution in [-0.2, 0) is 24.9 Å². The van der Waals surface area contributed by atoms with Crippen molar-refractivity contribution in [2.24, 2.45) is 11.3 Å². The molecule has 3 aromatic rings. The first-order valence-electron chi connectivity index (χ1n) is 14.1. The number of benzene rings is 2. The first kappa shape index (κ1) is 35.3. The van der Waals surface area contributed by atoms with Crippen LogP contribution in [0.5, 0.6) is 0 Å². The summed E-state index contributed by atoms with van der Waals surface area (Å²) in [6.07, 6.45) is 6.78. The van der Waals surface area contributed by atoms with E-state index in [1.165, 1.54) is 28.0 Å². The van der Waals surface area contributed by atoms with Crippen LogP contribution in [0.1, 0.15) is 71.4 Å². The van der Waals surface area contributed by atoms with Crippen LogP contribution in [0.2, 0.25) is 17.3 Å². The molecule has 0 atom stereocenters. The quantitative estimate of drug-likeness (QED) is 0.102. The number of fused-ring (bicyclic) bond motifs is 1. The minimum atomic E-state index is -1.91.